The number of amides is 1. The number of carbonyl (C=O) groups excluding carboxylic acids is 3. The number of rotatable bonds is 7. The van der Waals surface area contributed by atoms with E-state index in [1.807, 2.05) is 0 Å². The van der Waals surface area contributed by atoms with Crippen LogP contribution < -0.4 is 14.8 Å². The van der Waals surface area contributed by atoms with Crippen LogP contribution >= 0.6 is 0 Å². The zero-order chi connectivity index (χ0) is 21.6. The summed E-state index contributed by atoms with van der Waals surface area (Å²) >= 11 is 0. The third-order valence-electron chi connectivity index (χ3n) is 3.74. The predicted octanol–water partition coefficient (Wildman–Crippen LogP) is 3.12. The lowest BCUT2D eigenvalue weighted by molar-refractivity contribution is -0.0511. The van der Waals surface area contributed by atoms with E-state index in [9.17, 15) is 23.2 Å². The van der Waals surface area contributed by atoms with Gasteiger partial charge >= 0.3 is 18.6 Å². The van der Waals surface area contributed by atoms with Crippen molar-refractivity contribution in [1.82, 2.24) is 0 Å². The summed E-state index contributed by atoms with van der Waals surface area (Å²) in [5, 5.41) is 2.43. The number of carbonyl (C=O) groups is 3. The molecule has 2 aromatic rings. The first-order valence-electron chi connectivity index (χ1n) is 8.05. The van der Waals surface area contributed by atoms with E-state index in [0.717, 1.165) is 19.2 Å². The number of anilines is 1. The maximum Gasteiger partial charge on any atom is 0.387 e. The Morgan fingerprint density at radius 1 is 0.862 bits per heavy atom. The summed E-state index contributed by atoms with van der Waals surface area (Å²) in [6.45, 7) is -3.15. The Hall–Kier alpha value is -3.69. The summed E-state index contributed by atoms with van der Waals surface area (Å²) in [7, 11) is 3.55. The van der Waals surface area contributed by atoms with Crippen molar-refractivity contribution in [2.24, 2.45) is 0 Å². The molecule has 0 aliphatic carbocycles. The van der Waals surface area contributed by atoms with E-state index in [1.165, 1.54) is 38.5 Å². The first-order valence-corrected chi connectivity index (χ1v) is 8.05. The average Bonchev–Trinajstić information content (AvgIpc) is 2.72. The average molecular weight is 409 g/mol. The van der Waals surface area contributed by atoms with E-state index in [4.69, 9.17) is 4.74 Å². The molecule has 0 bridgehead atoms. The Morgan fingerprint density at radius 2 is 1.45 bits per heavy atom. The highest BCUT2D eigenvalue weighted by atomic mass is 19.3. The molecule has 0 fully saturated rings. The Balaban J connectivity index is 2.39. The normalized spacial score (nSPS) is 10.3. The molecule has 0 aliphatic rings. The molecule has 154 valence electrons. The Labute approximate surface area is 164 Å². The third-order valence-corrected chi connectivity index (χ3v) is 3.74. The van der Waals surface area contributed by atoms with E-state index in [1.54, 1.807) is 0 Å². The summed E-state index contributed by atoms with van der Waals surface area (Å²) in [5.41, 5.74) is 0.109. The second kappa shape index (κ2) is 9.49. The minimum atomic E-state index is -3.15. The fraction of sp³-hybridized carbons (Fsp3) is 0.211. The van der Waals surface area contributed by atoms with E-state index in [2.05, 4.69) is 19.5 Å². The minimum Gasteiger partial charge on any atom is -0.493 e. The highest BCUT2D eigenvalue weighted by molar-refractivity contribution is 6.08. The predicted molar refractivity (Wildman–Crippen MR) is 96.7 cm³/mol. The summed E-state index contributed by atoms with van der Waals surface area (Å²) in [6, 6.07) is 7.61. The number of alkyl halides is 2. The number of nitrogens with one attached hydrogen (secondary N) is 1. The van der Waals surface area contributed by atoms with Gasteiger partial charge in [0.25, 0.3) is 5.91 Å². The van der Waals surface area contributed by atoms with Crippen LogP contribution in [0.15, 0.2) is 36.4 Å². The van der Waals surface area contributed by atoms with Gasteiger partial charge in [-0.05, 0) is 24.3 Å². The molecule has 10 heteroatoms. The van der Waals surface area contributed by atoms with Gasteiger partial charge in [0.15, 0.2) is 11.5 Å². The molecule has 0 atom stereocenters. The third kappa shape index (κ3) is 5.18. The van der Waals surface area contributed by atoms with Crippen LogP contribution in [0.3, 0.4) is 0 Å². The lowest BCUT2D eigenvalue weighted by Gasteiger charge is -2.15. The van der Waals surface area contributed by atoms with Crippen LogP contribution in [0.25, 0.3) is 0 Å². The number of esters is 2. The lowest BCUT2D eigenvalue weighted by Crippen LogP contribution is -2.16. The van der Waals surface area contributed by atoms with Gasteiger partial charge < -0.3 is 24.3 Å². The van der Waals surface area contributed by atoms with Crippen molar-refractivity contribution in [3.8, 4) is 11.5 Å². The molecule has 8 nitrogen and oxygen atoms in total. The molecule has 0 saturated heterocycles. The van der Waals surface area contributed by atoms with E-state index < -0.39 is 24.5 Å². The Morgan fingerprint density at radius 3 is 1.97 bits per heavy atom. The fourth-order valence-electron chi connectivity index (χ4n) is 2.36. The van der Waals surface area contributed by atoms with Crippen LogP contribution in [0.4, 0.5) is 14.5 Å². The van der Waals surface area contributed by atoms with Gasteiger partial charge in [0, 0.05) is 17.7 Å². The number of benzene rings is 2. The molecular weight excluding hydrogens is 392 g/mol. The van der Waals surface area contributed by atoms with Gasteiger partial charge in [0.2, 0.25) is 0 Å². The highest BCUT2D eigenvalue weighted by Gasteiger charge is 2.21. The van der Waals surface area contributed by atoms with Crippen molar-refractivity contribution in [3.63, 3.8) is 0 Å². The van der Waals surface area contributed by atoms with Crippen molar-refractivity contribution in [2.75, 3.05) is 26.6 Å². The van der Waals surface area contributed by atoms with Gasteiger partial charge in [0.1, 0.15) is 0 Å². The first-order chi connectivity index (χ1) is 13.8. The van der Waals surface area contributed by atoms with Crippen molar-refractivity contribution >= 4 is 23.5 Å². The highest BCUT2D eigenvalue weighted by Crippen LogP contribution is 2.35. The van der Waals surface area contributed by atoms with Crippen molar-refractivity contribution in [3.05, 3.63) is 53.1 Å². The van der Waals surface area contributed by atoms with Crippen LogP contribution in [-0.4, -0.2) is 45.8 Å². The van der Waals surface area contributed by atoms with Crippen molar-refractivity contribution < 1.29 is 42.1 Å². The fourth-order valence-corrected chi connectivity index (χ4v) is 2.36. The van der Waals surface area contributed by atoms with Crippen molar-refractivity contribution in [1.29, 1.82) is 0 Å². The van der Waals surface area contributed by atoms with Gasteiger partial charge in [-0.3, -0.25) is 4.79 Å². The standard InChI is InChI=1S/C19H17F2NO7/c1-26-14-8-12(18(25)28-3)13(9-15(14)29-19(20)21)22-16(23)10-4-6-11(7-5-10)17(24)27-2/h4-9,19H,1-3H3,(H,22,23). The molecule has 0 heterocycles. The maximum absolute atomic E-state index is 12.7. The first kappa shape index (κ1) is 21.6. The molecule has 0 saturated carbocycles. The van der Waals surface area contributed by atoms with Crippen LogP contribution in [-0.2, 0) is 9.47 Å². The number of ether oxygens (including phenoxy) is 4. The summed E-state index contributed by atoms with van der Waals surface area (Å²) in [4.78, 5) is 36.0. The molecule has 0 unspecified atom stereocenters. The molecule has 0 spiro atoms. The molecule has 0 radical (unpaired) electrons. The van der Waals surface area contributed by atoms with Gasteiger partial charge in [-0.1, -0.05) is 0 Å². The molecule has 2 aromatic carbocycles. The maximum atomic E-state index is 12.7. The van der Waals surface area contributed by atoms with Crippen LogP contribution in [0.5, 0.6) is 11.5 Å². The second-order valence-electron chi connectivity index (χ2n) is 5.44. The SMILES string of the molecule is COC(=O)c1ccc(C(=O)Nc2cc(OC(F)F)c(OC)cc2C(=O)OC)cc1. The zero-order valence-corrected chi connectivity index (χ0v) is 15.7. The van der Waals surface area contributed by atoms with Gasteiger partial charge in [-0.2, -0.15) is 8.78 Å². The van der Waals surface area contributed by atoms with E-state index in [0.29, 0.717) is 0 Å². The number of hydrogen-bond donors (Lipinski definition) is 1. The number of methoxy groups -OCH3 is 3. The number of halogens is 2. The van der Waals surface area contributed by atoms with Crippen molar-refractivity contribution in [2.45, 2.75) is 6.61 Å². The van der Waals surface area contributed by atoms with E-state index in [-0.39, 0.29) is 33.9 Å². The number of hydrogen-bond acceptors (Lipinski definition) is 7. The van der Waals surface area contributed by atoms with Crippen LogP contribution in [0.1, 0.15) is 31.1 Å². The molecular formula is C19H17F2NO7. The topological polar surface area (TPSA) is 100 Å². The quantitative estimate of drug-likeness (QED) is 0.702. The summed E-state index contributed by atoms with van der Waals surface area (Å²) in [5.74, 6) is -2.60. The second-order valence-corrected chi connectivity index (χ2v) is 5.44. The molecule has 2 rings (SSSR count). The summed E-state index contributed by atoms with van der Waals surface area (Å²) in [6.07, 6.45) is 0. The Kier molecular flexibility index (Phi) is 7.07. The lowest BCUT2D eigenvalue weighted by atomic mass is 10.1. The molecule has 0 aromatic heterocycles. The molecule has 0 aliphatic heterocycles. The van der Waals surface area contributed by atoms with Crippen LogP contribution in [0, 0.1) is 0 Å². The zero-order valence-electron chi connectivity index (χ0n) is 15.7. The Bertz CT molecular complexity index is 914. The summed E-state index contributed by atoms with van der Waals surface area (Å²) < 4.78 is 43.9. The minimum absolute atomic E-state index is 0.129. The van der Waals surface area contributed by atoms with Gasteiger partial charge in [0.05, 0.1) is 38.1 Å². The van der Waals surface area contributed by atoms with Gasteiger partial charge in [-0.25, -0.2) is 9.59 Å². The molecule has 1 amide bonds. The largest absolute Gasteiger partial charge is 0.493 e. The van der Waals surface area contributed by atoms with Gasteiger partial charge in [-0.15, -0.1) is 0 Å². The van der Waals surface area contributed by atoms with E-state index >= 15 is 0 Å². The van der Waals surface area contributed by atoms with Crippen LogP contribution in [0.2, 0.25) is 0 Å². The molecule has 1 N–H and O–H groups in total. The smallest absolute Gasteiger partial charge is 0.387 e. The molecule has 29 heavy (non-hydrogen) atoms. The monoisotopic (exact) mass is 409 g/mol.